The Morgan fingerprint density at radius 2 is 0.980 bits per heavy atom. The van der Waals surface area contributed by atoms with Crippen molar-refractivity contribution in [2.45, 2.75) is 0 Å². The van der Waals surface area contributed by atoms with Gasteiger partial charge < -0.3 is 4.42 Å². The quantitative estimate of drug-likeness (QED) is 0.181. The second kappa shape index (κ2) is 11.6. The fourth-order valence-electron chi connectivity index (χ4n) is 5.37. The third-order valence-electron chi connectivity index (χ3n) is 7.50. The normalized spacial score (nSPS) is 19.2. The second-order valence-electron chi connectivity index (χ2n) is 10.3. The van der Waals surface area contributed by atoms with Crippen LogP contribution < -0.4 is 0 Å². The molecular weight excluding hydrogens is 631 g/mol. The molecule has 10 aromatic rings. The summed E-state index contributed by atoms with van der Waals surface area (Å²) < 4.78 is 244. The standard InChI is InChI=1S/C45H27N3OS/c1-3-13-28(14-4-1)43-46-44(29-15-5-2-6-16-29)48-45(47-43)30-25-26-37-39(27-30)49-38-23-12-20-34(41(37)38)31-17-7-8-18-32(31)35-21-11-22-36-33-19-9-10-24-40(33)50-42(35)36/h1-27H/i1D,2D,3D,4D,5D,6D,7D,8D,9D,10D,11D,12D,13D,14D,15D,16D,17D,18D,19D,20D,21D,22D,23D,24D,25D,26D,27D. The van der Waals surface area contributed by atoms with Crippen molar-refractivity contribution in [1.82, 2.24) is 15.0 Å². The average molecular weight is 685 g/mol. The molecule has 0 aliphatic carbocycles. The number of hydrogen-bond donors (Lipinski definition) is 0. The van der Waals surface area contributed by atoms with E-state index >= 15 is 0 Å². The molecule has 0 atom stereocenters. The first-order chi connectivity index (χ1) is 36.0. The lowest BCUT2D eigenvalue weighted by Crippen LogP contribution is -2.00. The van der Waals surface area contributed by atoms with Crippen LogP contribution >= 0.6 is 11.3 Å². The maximum atomic E-state index is 9.60. The fraction of sp³-hybridized carbons (Fsp3) is 0. The maximum absolute atomic E-state index is 9.60. The molecule has 0 aliphatic heterocycles. The van der Waals surface area contributed by atoms with Crippen LogP contribution in [0.25, 0.3) is 98.5 Å². The molecule has 0 aliphatic rings. The van der Waals surface area contributed by atoms with Gasteiger partial charge >= 0.3 is 0 Å². The smallest absolute Gasteiger partial charge is 0.164 e. The zero-order chi connectivity index (χ0) is 56.5. The van der Waals surface area contributed by atoms with E-state index in [-0.39, 0.29) is 20.2 Å². The van der Waals surface area contributed by atoms with E-state index in [4.69, 9.17) is 31.8 Å². The number of aromatic nitrogens is 3. The van der Waals surface area contributed by atoms with Crippen molar-refractivity contribution in [3.63, 3.8) is 0 Å². The molecule has 7 aromatic carbocycles. The Hall–Kier alpha value is -6.43. The van der Waals surface area contributed by atoms with Gasteiger partial charge in [-0.25, -0.2) is 15.0 Å². The van der Waals surface area contributed by atoms with Crippen LogP contribution in [0.4, 0.5) is 0 Å². The molecule has 0 amide bonds. The molecule has 0 saturated carbocycles. The van der Waals surface area contributed by atoms with Crippen molar-refractivity contribution in [2.75, 3.05) is 0 Å². The molecule has 3 heterocycles. The average Bonchev–Trinajstić information content (AvgIpc) is 4.09. The first-order valence-electron chi connectivity index (χ1n) is 27.9. The van der Waals surface area contributed by atoms with Crippen LogP contribution in [0.5, 0.6) is 0 Å². The highest BCUT2D eigenvalue weighted by atomic mass is 32.1. The minimum Gasteiger partial charge on any atom is -0.456 e. The van der Waals surface area contributed by atoms with E-state index in [1.165, 1.54) is 0 Å². The number of benzene rings is 7. The summed E-state index contributed by atoms with van der Waals surface area (Å²) in [7, 11) is 0. The van der Waals surface area contributed by atoms with Crippen LogP contribution in [-0.2, 0) is 0 Å². The van der Waals surface area contributed by atoms with Crippen LogP contribution in [0.15, 0.2) is 168 Å². The Kier molecular flexibility index (Phi) is 2.90. The lowest BCUT2D eigenvalue weighted by molar-refractivity contribution is 0.669. The molecule has 234 valence electrons. The summed E-state index contributed by atoms with van der Waals surface area (Å²) >= 11 is 0.631. The summed E-state index contributed by atoms with van der Waals surface area (Å²) in [5.74, 6) is -2.38. The van der Waals surface area contributed by atoms with E-state index in [2.05, 4.69) is 15.0 Å². The summed E-state index contributed by atoms with van der Waals surface area (Å²) in [6, 6.07) is -22.8. The SMILES string of the molecule is [2H]c1c([2H])c([2H])c(-c2nc(-c3c([2H])c([2H])c([2H])c([2H])c3[2H])nc(-c3c([2H])c([2H])c4c(oc5c([2H])c([2H])c([2H])c(-c6c([2H])c([2H])c([2H])c([2H])c6-c6c([2H])c([2H])c([2H])c7c6sc6c([2H])c([2H])c([2H])c([2H])c67)c54)c3[2H])n2)c([2H])c1[2H]. The van der Waals surface area contributed by atoms with Crippen molar-refractivity contribution in [2.24, 2.45) is 0 Å². The van der Waals surface area contributed by atoms with Gasteiger partial charge in [0.1, 0.15) is 11.2 Å². The van der Waals surface area contributed by atoms with E-state index < -0.39 is 242 Å². The van der Waals surface area contributed by atoms with Gasteiger partial charge in [-0.2, -0.15) is 0 Å². The minimum absolute atomic E-state index is 0.135. The lowest BCUT2D eigenvalue weighted by atomic mass is 9.91. The van der Waals surface area contributed by atoms with Crippen molar-refractivity contribution in [1.29, 1.82) is 0 Å². The van der Waals surface area contributed by atoms with Crippen molar-refractivity contribution in [3.8, 4) is 56.4 Å². The minimum atomic E-state index is -0.977. The summed E-state index contributed by atoms with van der Waals surface area (Å²) in [5.41, 5.74) is -6.06. The van der Waals surface area contributed by atoms with Gasteiger partial charge in [-0.1, -0.05) is 139 Å². The predicted molar refractivity (Wildman–Crippen MR) is 207 cm³/mol. The molecule has 3 aromatic heterocycles. The summed E-state index contributed by atoms with van der Waals surface area (Å²) in [5, 5.41) is -1.63. The molecule has 0 N–H and O–H groups in total. The lowest BCUT2D eigenvalue weighted by Gasteiger charge is -2.12. The molecule has 0 unspecified atom stereocenters. The first kappa shape index (κ1) is 12.5. The van der Waals surface area contributed by atoms with Gasteiger partial charge in [0.25, 0.3) is 0 Å². The zero-order valence-corrected chi connectivity index (χ0v) is 25.5. The van der Waals surface area contributed by atoms with Gasteiger partial charge in [-0.3, -0.25) is 0 Å². The van der Waals surface area contributed by atoms with Crippen LogP contribution in [0.2, 0.25) is 0 Å². The molecule has 5 heteroatoms. The fourth-order valence-corrected chi connectivity index (χ4v) is 6.45. The van der Waals surface area contributed by atoms with Crippen molar-refractivity contribution >= 4 is 53.4 Å². The topological polar surface area (TPSA) is 51.8 Å². The number of thiophene rings is 1. The largest absolute Gasteiger partial charge is 0.456 e. The Morgan fingerprint density at radius 3 is 1.72 bits per heavy atom. The Labute approximate surface area is 329 Å². The monoisotopic (exact) mass is 684 g/mol. The Morgan fingerprint density at radius 1 is 0.420 bits per heavy atom. The molecule has 10 rings (SSSR count). The van der Waals surface area contributed by atoms with Gasteiger partial charge in [0.05, 0.1) is 37.0 Å². The van der Waals surface area contributed by atoms with Crippen molar-refractivity contribution in [3.05, 3.63) is 163 Å². The summed E-state index contributed by atoms with van der Waals surface area (Å²) in [6.45, 7) is 0. The first-order valence-corrected chi connectivity index (χ1v) is 15.2. The molecule has 0 saturated heterocycles. The van der Waals surface area contributed by atoms with Gasteiger partial charge in [0.15, 0.2) is 17.5 Å². The second-order valence-corrected chi connectivity index (χ2v) is 11.3. The zero-order valence-electron chi connectivity index (χ0n) is 51.7. The highest BCUT2D eigenvalue weighted by Crippen LogP contribution is 2.45. The van der Waals surface area contributed by atoms with E-state index in [0.29, 0.717) is 11.3 Å². The van der Waals surface area contributed by atoms with Gasteiger partial charge in [0.2, 0.25) is 0 Å². The van der Waals surface area contributed by atoms with Crippen LogP contribution in [-0.4, -0.2) is 15.0 Å². The number of rotatable bonds is 5. The number of fused-ring (bicyclic) bond motifs is 6. The van der Waals surface area contributed by atoms with Gasteiger partial charge in [-0.05, 0) is 40.9 Å². The van der Waals surface area contributed by atoms with E-state index in [9.17, 15) is 9.60 Å². The van der Waals surface area contributed by atoms with E-state index in [1.54, 1.807) is 0 Å². The van der Waals surface area contributed by atoms with E-state index in [0.717, 1.165) is 0 Å². The van der Waals surface area contributed by atoms with Gasteiger partial charge in [-0.15, -0.1) is 11.3 Å². The third-order valence-corrected chi connectivity index (χ3v) is 8.63. The highest BCUT2D eigenvalue weighted by Gasteiger charge is 2.19. The third kappa shape index (κ3) is 4.71. The molecule has 0 fully saturated rings. The van der Waals surface area contributed by atoms with E-state index in [1.807, 2.05) is 0 Å². The van der Waals surface area contributed by atoms with Gasteiger partial charge in [0, 0.05) is 53.2 Å². The molecule has 4 nitrogen and oxygen atoms in total. The predicted octanol–water partition coefficient (Wildman–Crippen LogP) is 12.5. The van der Waals surface area contributed by atoms with Crippen LogP contribution in [0.1, 0.15) is 37.0 Å². The Bertz CT molecular complexity index is 4290. The Balaban J connectivity index is 1.36. The number of furan rings is 1. The maximum Gasteiger partial charge on any atom is 0.164 e. The molecule has 0 spiro atoms. The molecule has 0 radical (unpaired) electrons. The van der Waals surface area contributed by atoms with Crippen molar-refractivity contribution < 1.29 is 41.4 Å². The van der Waals surface area contributed by atoms with Crippen LogP contribution in [0.3, 0.4) is 0 Å². The molecule has 0 bridgehead atoms. The highest BCUT2D eigenvalue weighted by molar-refractivity contribution is 7.26. The summed E-state index contributed by atoms with van der Waals surface area (Å²) in [6.07, 6.45) is 0. The molecular formula is C45H27N3OS. The van der Waals surface area contributed by atoms with Crippen LogP contribution in [0, 0.1) is 0 Å². The number of nitrogens with zero attached hydrogens (tertiary/aromatic N) is 3. The molecule has 50 heavy (non-hydrogen) atoms. The summed E-state index contributed by atoms with van der Waals surface area (Å²) in [4.78, 5) is 12.8. The number of hydrogen-bond acceptors (Lipinski definition) is 5.